The van der Waals surface area contributed by atoms with Crippen LogP contribution >= 0.6 is 0 Å². The average Bonchev–Trinajstić information content (AvgIpc) is 3.23. The quantitative estimate of drug-likeness (QED) is 0.396. The average molecular weight is 404 g/mol. The molecule has 0 saturated carbocycles. The van der Waals surface area contributed by atoms with Crippen molar-refractivity contribution in [2.45, 2.75) is 19.4 Å². The lowest BCUT2D eigenvalue weighted by Crippen LogP contribution is -2.30. The number of methoxy groups -OCH3 is 1. The maximum atomic E-state index is 13.0. The molecule has 2 aromatic carbocycles. The van der Waals surface area contributed by atoms with E-state index in [1.165, 1.54) is 0 Å². The number of benzene rings is 2. The number of hydrogen-bond donors (Lipinski definition) is 1. The van der Waals surface area contributed by atoms with E-state index in [1.807, 2.05) is 49.0 Å². The summed E-state index contributed by atoms with van der Waals surface area (Å²) < 4.78 is 7.15. The summed E-state index contributed by atoms with van der Waals surface area (Å²) in [5, 5.41) is 12.1. The van der Waals surface area contributed by atoms with Crippen LogP contribution in [0.4, 0.5) is 0 Å². The molecule has 1 amide bonds. The first-order valence-corrected chi connectivity index (χ1v) is 9.94. The zero-order chi connectivity index (χ0) is 21.4. The van der Waals surface area contributed by atoms with Crippen LogP contribution in [-0.4, -0.2) is 39.9 Å². The standard InChI is InChI=1S/C24H24N2O4/c1-4-13-26-21(18-14-25(2)19-8-6-5-7-17(18)19)20(23(28)24(26)29)22(27)15-9-11-16(30-3)12-10-15/h5-12,14,21,27H,4,13H2,1-3H3/b22-20+. The lowest BCUT2D eigenvalue weighted by atomic mass is 9.95. The summed E-state index contributed by atoms with van der Waals surface area (Å²) in [5.74, 6) is -0.768. The number of Topliss-reactive ketones (excluding diaryl/α,β-unsaturated/α-hetero) is 1. The third-order valence-corrected chi connectivity index (χ3v) is 5.59. The highest BCUT2D eigenvalue weighted by molar-refractivity contribution is 6.46. The largest absolute Gasteiger partial charge is 0.507 e. The predicted molar refractivity (Wildman–Crippen MR) is 115 cm³/mol. The number of aryl methyl sites for hydroxylation is 1. The minimum Gasteiger partial charge on any atom is -0.507 e. The molecule has 3 aromatic rings. The Balaban J connectivity index is 1.94. The summed E-state index contributed by atoms with van der Waals surface area (Å²) in [6, 6.07) is 14.0. The maximum absolute atomic E-state index is 13.0. The highest BCUT2D eigenvalue weighted by Gasteiger charge is 2.46. The van der Waals surface area contributed by atoms with Crippen molar-refractivity contribution in [3.8, 4) is 5.75 Å². The number of ketones is 1. The van der Waals surface area contributed by atoms with Crippen molar-refractivity contribution in [3.05, 3.63) is 71.4 Å². The molecule has 0 radical (unpaired) electrons. The van der Waals surface area contributed by atoms with Gasteiger partial charge in [0.2, 0.25) is 0 Å². The molecule has 1 aliphatic rings. The molecule has 1 fully saturated rings. The monoisotopic (exact) mass is 404 g/mol. The summed E-state index contributed by atoms with van der Waals surface area (Å²) >= 11 is 0. The number of nitrogens with zero attached hydrogens (tertiary/aromatic N) is 2. The Kier molecular flexibility index (Phi) is 5.08. The van der Waals surface area contributed by atoms with Crippen molar-refractivity contribution in [3.63, 3.8) is 0 Å². The fourth-order valence-electron chi connectivity index (χ4n) is 4.17. The van der Waals surface area contributed by atoms with Crippen molar-refractivity contribution in [1.29, 1.82) is 0 Å². The van der Waals surface area contributed by atoms with Crippen molar-refractivity contribution in [1.82, 2.24) is 9.47 Å². The number of likely N-dealkylation sites (tertiary alicyclic amines) is 1. The Morgan fingerprint density at radius 3 is 2.47 bits per heavy atom. The molecule has 4 rings (SSSR count). The highest BCUT2D eigenvalue weighted by Crippen LogP contribution is 2.42. The summed E-state index contributed by atoms with van der Waals surface area (Å²) in [6.07, 6.45) is 2.64. The molecule has 154 valence electrons. The highest BCUT2D eigenvalue weighted by atomic mass is 16.5. The lowest BCUT2D eigenvalue weighted by molar-refractivity contribution is -0.139. The Morgan fingerprint density at radius 2 is 1.80 bits per heavy atom. The van der Waals surface area contributed by atoms with Gasteiger partial charge in [-0.3, -0.25) is 9.59 Å². The minimum atomic E-state index is -0.658. The van der Waals surface area contributed by atoms with E-state index in [4.69, 9.17) is 4.74 Å². The van der Waals surface area contributed by atoms with Gasteiger partial charge in [0.1, 0.15) is 11.5 Å². The fourth-order valence-corrected chi connectivity index (χ4v) is 4.17. The molecule has 0 bridgehead atoms. The second-order valence-electron chi connectivity index (χ2n) is 7.43. The molecule has 30 heavy (non-hydrogen) atoms. The number of fused-ring (bicyclic) bond motifs is 1. The number of ether oxygens (including phenoxy) is 1. The van der Waals surface area contributed by atoms with E-state index in [-0.39, 0.29) is 11.3 Å². The molecule has 1 unspecified atom stereocenters. The third-order valence-electron chi connectivity index (χ3n) is 5.59. The van der Waals surface area contributed by atoms with Crippen LogP contribution in [0, 0.1) is 0 Å². The van der Waals surface area contributed by atoms with Crippen LogP contribution in [0.2, 0.25) is 0 Å². The van der Waals surface area contributed by atoms with Gasteiger partial charge in [0, 0.05) is 41.8 Å². The van der Waals surface area contributed by atoms with E-state index in [1.54, 1.807) is 36.3 Å². The molecule has 1 aliphatic heterocycles. The maximum Gasteiger partial charge on any atom is 0.295 e. The minimum absolute atomic E-state index is 0.120. The second-order valence-corrected chi connectivity index (χ2v) is 7.43. The Bertz CT molecular complexity index is 1160. The molecule has 1 aromatic heterocycles. The van der Waals surface area contributed by atoms with Gasteiger partial charge in [-0.05, 0) is 36.8 Å². The normalized spacial score (nSPS) is 18.4. The second kappa shape index (κ2) is 7.71. The van der Waals surface area contributed by atoms with Gasteiger partial charge in [0.25, 0.3) is 11.7 Å². The molecule has 0 spiro atoms. The van der Waals surface area contributed by atoms with E-state index in [2.05, 4.69) is 0 Å². The zero-order valence-electron chi connectivity index (χ0n) is 17.3. The van der Waals surface area contributed by atoms with Gasteiger partial charge >= 0.3 is 0 Å². The molecular weight excluding hydrogens is 380 g/mol. The smallest absolute Gasteiger partial charge is 0.295 e. The molecule has 1 saturated heterocycles. The number of amides is 1. The topological polar surface area (TPSA) is 71.8 Å². The van der Waals surface area contributed by atoms with Gasteiger partial charge in [0.05, 0.1) is 18.7 Å². The first kappa shape index (κ1) is 19.8. The van der Waals surface area contributed by atoms with Gasteiger partial charge in [-0.15, -0.1) is 0 Å². The molecule has 6 heteroatoms. The molecule has 1 atom stereocenters. The summed E-state index contributed by atoms with van der Waals surface area (Å²) in [5.41, 5.74) is 2.42. The third kappa shape index (κ3) is 3.05. The van der Waals surface area contributed by atoms with E-state index in [0.717, 1.165) is 16.5 Å². The first-order chi connectivity index (χ1) is 14.5. The molecule has 6 nitrogen and oxygen atoms in total. The number of aliphatic hydroxyl groups excluding tert-OH is 1. The van der Waals surface area contributed by atoms with Crippen LogP contribution in [0.15, 0.2) is 60.3 Å². The Morgan fingerprint density at radius 1 is 1.10 bits per heavy atom. The zero-order valence-corrected chi connectivity index (χ0v) is 17.3. The van der Waals surface area contributed by atoms with Crippen LogP contribution < -0.4 is 4.74 Å². The molecule has 0 aliphatic carbocycles. The van der Waals surface area contributed by atoms with Crippen LogP contribution in [0.1, 0.15) is 30.5 Å². The van der Waals surface area contributed by atoms with E-state index in [9.17, 15) is 14.7 Å². The van der Waals surface area contributed by atoms with Crippen LogP contribution in [0.25, 0.3) is 16.7 Å². The summed E-state index contributed by atoms with van der Waals surface area (Å²) in [6.45, 7) is 2.39. The SMILES string of the molecule is CCCN1C(=O)C(=O)/C(=C(/O)c2ccc(OC)cc2)C1c1cn(C)c2ccccc12. The molecule has 1 N–H and O–H groups in total. The van der Waals surface area contributed by atoms with Crippen LogP contribution in [-0.2, 0) is 16.6 Å². The van der Waals surface area contributed by atoms with E-state index >= 15 is 0 Å². The summed E-state index contributed by atoms with van der Waals surface area (Å²) in [4.78, 5) is 27.5. The summed E-state index contributed by atoms with van der Waals surface area (Å²) in [7, 11) is 3.49. The van der Waals surface area contributed by atoms with E-state index in [0.29, 0.717) is 24.3 Å². The van der Waals surface area contributed by atoms with Crippen molar-refractivity contribution >= 4 is 28.4 Å². The molecule has 2 heterocycles. The lowest BCUT2D eigenvalue weighted by Gasteiger charge is -2.24. The van der Waals surface area contributed by atoms with Crippen molar-refractivity contribution in [2.75, 3.05) is 13.7 Å². The van der Waals surface area contributed by atoms with Crippen molar-refractivity contribution in [2.24, 2.45) is 7.05 Å². The number of aromatic nitrogens is 1. The number of aliphatic hydroxyl groups is 1. The van der Waals surface area contributed by atoms with Crippen LogP contribution in [0.5, 0.6) is 5.75 Å². The van der Waals surface area contributed by atoms with E-state index < -0.39 is 17.7 Å². The fraction of sp³-hybridized carbons (Fsp3) is 0.250. The number of carbonyl (C=O) groups is 2. The van der Waals surface area contributed by atoms with Crippen LogP contribution in [0.3, 0.4) is 0 Å². The number of para-hydroxylation sites is 1. The van der Waals surface area contributed by atoms with Gasteiger partial charge in [-0.1, -0.05) is 25.1 Å². The Labute approximate surface area is 175 Å². The molecular formula is C24H24N2O4. The van der Waals surface area contributed by atoms with Gasteiger partial charge in [0.15, 0.2) is 0 Å². The van der Waals surface area contributed by atoms with Gasteiger partial charge in [-0.25, -0.2) is 0 Å². The first-order valence-electron chi connectivity index (χ1n) is 9.94. The van der Waals surface area contributed by atoms with Gasteiger partial charge in [-0.2, -0.15) is 0 Å². The number of rotatable bonds is 5. The number of carbonyl (C=O) groups excluding carboxylic acids is 2. The predicted octanol–water partition coefficient (Wildman–Crippen LogP) is 4.02. The number of hydrogen-bond acceptors (Lipinski definition) is 4. The van der Waals surface area contributed by atoms with Gasteiger partial charge < -0.3 is 19.3 Å². The Hall–Kier alpha value is -3.54. The van der Waals surface area contributed by atoms with Crippen molar-refractivity contribution < 1.29 is 19.4 Å².